The van der Waals surface area contributed by atoms with Crippen LogP contribution in [0.25, 0.3) is 11.0 Å². The lowest BCUT2D eigenvalue weighted by molar-refractivity contribution is 0.447. The van der Waals surface area contributed by atoms with Crippen LogP contribution in [-0.2, 0) is 13.0 Å². The van der Waals surface area contributed by atoms with Crippen LogP contribution in [-0.4, -0.2) is 14.9 Å². The van der Waals surface area contributed by atoms with Crippen LogP contribution in [0.5, 0.6) is 0 Å². The van der Waals surface area contributed by atoms with Gasteiger partial charge in [-0.05, 0) is 37.8 Å². The maximum atomic E-state index is 6.59. The van der Waals surface area contributed by atoms with Gasteiger partial charge >= 0.3 is 0 Å². The summed E-state index contributed by atoms with van der Waals surface area (Å²) < 4.78 is 2.35. The molecule has 0 radical (unpaired) electrons. The normalized spacial score (nSPS) is 23.9. The van der Waals surface area contributed by atoms with Crippen LogP contribution in [0.3, 0.4) is 0 Å². The summed E-state index contributed by atoms with van der Waals surface area (Å²) in [6.07, 6.45) is 7.38. The van der Waals surface area contributed by atoms with E-state index in [2.05, 4.69) is 35.8 Å². The zero-order valence-corrected chi connectivity index (χ0v) is 12.9. The molecule has 108 valence electrons. The van der Waals surface area contributed by atoms with Gasteiger partial charge in [0.05, 0.1) is 11.0 Å². The molecule has 2 atom stereocenters. The lowest BCUT2D eigenvalue weighted by atomic mass is 9.96. The minimum Gasteiger partial charge on any atom is -0.328 e. The van der Waals surface area contributed by atoms with Gasteiger partial charge in [-0.15, -0.1) is 11.6 Å². The third kappa shape index (κ3) is 2.71. The fraction of sp³-hybridized carbons (Fsp3) is 0.588. The van der Waals surface area contributed by atoms with Crippen LogP contribution in [0, 0.1) is 5.92 Å². The second-order valence-electron chi connectivity index (χ2n) is 5.88. The number of fused-ring (bicyclic) bond motifs is 1. The van der Waals surface area contributed by atoms with Crippen molar-refractivity contribution in [2.24, 2.45) is 5.92 Å². The standard InChI is InChI=1S/C17H23ClN2/c1-2-20-16-11-7-6-10-15(16)19-17(20)12-13-8-4-3-5-9-14(13)18/h6-7,10-11,13-14H,2-5,8-9,12H2,1H3. The first kappa shape index (κ1) is 13.9. The van der Waals surface area contributed by atoms with Crippen molar-refractivity contribution in [1.29, 1.82) is 0 Å². The van der Waals surface area contributed by atoms with E-state index < -0.39 is 0 Å². The number of para-hydroxylation sites is 2. The zero-order chi connectivity index (χ0) is 13.9. The number of imidazole rings is 1. The van der Waals surface area contributed by atoms with Crippen LogP contribution < -0.4 is 0 Å². The van der Waals surface area contributed by atoms with Crippen LogP contribution >= 0.6 is 11.6 Å². The van der Waals surface area contributed by atoms with Crippen LogP contribution in [0.2, 0.25) is 0 Å². The van der Waals surface area contributed by atoms with Crippen molar-refractivity contribution < 1.29 is 0 Å². The van der Waals surface area contributed by atoms with Gasteiger partial charge in [0, 0.05) is 18.3 Å². The Hall–Kier alpha value is -1.02. The number of aryl methyl sites for hydroxylation is 1. The number of aromatic nitrogens is 2. The summed E-state index contributed by atoms with van der Waals surface area (Å²) >= 11 is 6.59. The lowest BCUT2D eigenvalue weighted by Crippen LogP contribution is -2.18. The fourth-order valence-corrected chi connectivity index (χ4v) is 3.81. The van der Waals surface area contributed by atoms with Crippen molar-refractivity contribution in [2.45, 2.75) is 57.4 Å². The van der Waals surface area contributed by atoms with Gasteiger partial charge in [0.2, 0.25) is 0 Å². The summed E-state index contributed by atoms with van der Waals surface area (Å²) in [6, 6.07) is 8.43. The van der Waals surface area contributed by atoms with Crippen molar-refractivity contribution in [3.63, 3.8) is 0 Å². The maximum Gasteiger partial charge on any atom is 0.110 e. The first-order chi connectivity index (χ1) is 9.79. The van der Waals surface area contributed by atoms with Crippen molar-refractivity contribution in [2.75, 3.05) is 0 Å². The molecule has 1 fully saturated rings. The molecule has 0 N–H and O–H groups in total. The van der Waals surface area contributed by atoms with Gasteiger partial charge in [0.25, 0.3) is 0 Å². The first-order valence-electron chi connectivity index (χ1n) is 7.87. The molecule has 0 saturated heterocycles. The van der Waals surface area contributed by atoms with Gasteiger partial charge in [0.1, 0.15) is 5.82 Å². The van der Waals surface area contributed by atoms with E-state index in [4.69, 9.17) is 16.6 Å². The summed E-state index contributed by atoms with van der Waals surface area (Å²) in [4.78, 5) is 4.85. The van der Waals surface area contributed by atoms with Crippen LogP contribution in [0.15, 0.2) is 24.3 Å². The highest BCUT2D eigenvalue weighted by molar-refractivity contribution is 6.20. The van der Waals surface area contributed by atoms with E-state index in [0.29, 0.717) is 11.3 Å². The summed E-state index contributed by atoms with van der Waals surface area (Å²) in [7, 11) is 0. The number of nitrogens with zero attached hydrogens (tertiary/aromatic N) is 2. The van der Waals surface area contributed by atoms with E-state index in [9.17, 15) is 0 Å². The number of hydrogen-bond acceptors (Lipinski definition) is 1. The highest BCUT2D eigenvalue weighted by Crippen LogP contribution is 2.30. The third-order valence-corrected chi connectivity index (χ3v) is 5.14. The Morgan fingerprint density at radius 2 is 2.00 bits per heavy atom. The van der Waals surface area contributed by atoms with E-state index in [0.717, 1.165) is 18.5 Å². The van der Waals surface area contributed by atoms with Crippen molar-refractivity contribution in [1.82, 2.24) is 9.55 Å². The van der Waals surface area contributed by atoms with Gasteiger partial charge < -0.3 is 4.57 Å². The Morgan fingerprint density at radius 1 is 1.20 bits per heavy atom. The van der Waals surface area contributed by atoms with E-state index >= 15 is 0 Å². The number of alkyl halides is 1. The monoisotopic (exact) mass is 290 g/mol. The molecular weight excluding hydrogens is 268 g/mol. The highest BCUT2D eigenvalue weighted by Gasteiger charge is 2.24. The molecule has 1 aromatic carbocycles. The highest BCUT2D eigenvalue weighted by atomic mass is 35.5. The van der Waals surface area contributed by atoms with Gasteiger partial charge in [0.15, 0.2) is 0 Å². The maximum absolute atomic E-state index is 6.59. The Kier molecular flexibility index (Phi) is 4.30. The number of halogens is 1. The molecule has 3 rings (SSSR count). The third-order valence-electron chi connectivity index (χ3n) is 4.56. The fourth-order valence-electron chi connectivity index (χ4n) is 3.44. The lowest BCUT2D eigenvalue weighted by Gasteiger charge is -2.19. The first-order valence-corrected chi connectivity index (χ1v) is 8.31. The van der Waals surface area contributed by atoms with E-state index in [1.165, 1.54) is 43.4 Å². The average Bonchev–Trinajstić information content (AvgIpc) is 2.69. The van der Waals surface area contributed by atoms with Crippen molar-refractivity contribution in [3.05, 3.63) is 30.1 Å². The molecule has 2 aromatic rings. The summed E-state index contributed by atoms with van der Waals surface area (Å²) in [6.45, 7) is 3.18. The minimum atomic E-state index is 0.322. The van der Waals surface area contributed by atoms with Gasteiger partial charge in [-0.25, -0.2) is 4.98 Å². The van der Waals surface area contributed by atoms with Gasteiger partial charge in [-0.1, -0.05) is 31.4 Å². The number of benzene rings is 1. The molecule has 20 heavy (non-hydrogen) atoms. The SMILES string of the molecule is CCn1c(CC2CCCCCC2Cl)nc2ccccc21. The zero-order valence-electron chi connectivity index (χ0n) is 12.2. The second-order valence-corrected chi connectivity index (χ2v) is 6.44. The molecule has 1 saturated carbocycles. The average molecular weight is 291 g/mol. The molecule has 3 heteroatoms. The molecule has 1 aromatic heterocycles. The molecule has 0 aliphatic heterocycles. The number of hydrogen-bond donors (Lipinski definition) is 0. The molecule has 1 heterocycles. The Morgan fingerprint density at radius 3 is 2.85 bits per heavy atom. The Bertz CT molecular complexity index is 575. The van der Waals surface area contributed by atoms with Crippen LogP contribution in [0.1, 0.15) is 44.9 Å². The molecule has 0 amide bonds. The quantitative estimate of drug-likeness (QED) is 0.587. The molecule has 2 unspecified atom stereocenters. The summed E-state index contributed by atoms with van der Waals surface area (Å²) in [5.41, 5.74) is 2.37. The Balaban J connectivity index is 1.89. The number of rotatable bonds is 3. The molecule has 0 spiro atoms. The molecular formula is C17H23ClN2. The van der Waals surface area contributed by atoms with E-state index in [1.54, 1.807) is 0 Å². The molecule has 2 nitrogen and oxygen atoms in total. The topological polar surface area (TPSA) is 17.8 Å². The summed E-state index contributed by atoms with van der Waals surface area (Å²) in [5, 5.41) is 0.322. The van der Waals surface area contributed by atoms with Crippen LogP contribution in [0.4, 0.5) is 0 Å². The second kappa shape index (κ2) is 6.17. The molecule has 1 aliphatic rings. The minimum absolute atomic E-state index is 0.322. The molecule has 1 aliphatic carbocycles. The van der Waals surface area contributed by atoms with E-state index in [1.807, 2.05) is 0 Å². The van der Waals surface area contributed by atoms with Gasteiger partial charge in [-0.2, -0.15) is 0 Å². The smallest absolute Gasteiger partial charge is 0.110 e. The van der Waals surface area contributed by atoms with E-state index in [-0.39, 0.29) is 0 Å². The Labute approximate surface area is 126 Å². The van der Waals surface area contributed by atoms with Gasteiger partial charge in [-0.3, -0.25) is 0 Å². The van der Waals surface area contributed by atoms with Crippen molar-refractivity contribution in [3.8, 4) is 0 Å². The predicted molar refractivity (Wildman–Crippen MR) is 85.3 cm³/mol. The largest absolute Gasteiger partial charge is 0.328 e. The summed E-state index contributed by atoms with van der Waals surface area (Å²) in [5.74, 6) is 1.80. The molecule has 0 bridgehead atoms. The predicted octanol–water partition coefficient (Wildman–Crippen LogP) is 4.79. The van der Waals surface area contributed by atoms with Crippen molar-refractivity contribution >= 4 is 22.6 Å².